The van der Waals surface area contributed by atoms with Crippen LogP contribution in [-0.4, -0.2) is 15.9 Å². The summed E-state index contributed by atoms with van der Waals surface area (Å²) >= 11 is 7.26. The molecule has 100 valence electrons. The molecule has 0 aliphatic heterocycles. The maximum absolute atomic E-state index is 12.1. The van der Waals surface area contributed by atoms with Crippen LogP contribution >= 0.6 is 22.9 Å². The van der Waals surface area contributed by atoms with E-state index in [4.69, 9.17) is 17.3 Å². The molecule has 2 aromatic heterocycles. The van der Waals surface area contributed by atoms with Gasteiger partial charge >= 0.3 is 0 Å². The molecule has 1 amide bonds. The quantitative estimate of drug-likeness (QED) is 0.762. The van der Waals surface area contributed by atoms with E-state index in [1.165, 1.54) is 17.5 Å². The summed E-state index contributed by atoms with van der Waals surface area (Å²) < 4.78 is 0.904. The highest BCUT2D eigenvalue weighted by atomic mass is 35.5. The largest absolute Gasteiger partial charge is 0.397 e. The van der Waals surface area contributed by atoms with Crippen molar-refractivity contribution in [3.05, 3.63) is 47.2 Å². The Labute approximate surface area is 123 Å². The first kappa shape index (κ1) is 12.8. The van der Waals surface area contributed by atoms with Crippen molar-refractivity contribution in [3.8, 4) is 0 Å². The Kier molecular flexibility index (Phi) is 3.25. The van der Waals surface area contributed by atoms with E-state index in [0.29, 0.717) is 15.8 Å². The van der Waals surface area contributed by atoms with E-state index in [2.05, 4.69) is 15.3 Å². The molecule has 0 bridgehead atoms. The van der Waals surface area contributed by atoms with E-state index in [9.17, 15) is 4.79 Å². The van der Waals surface area contributed by atoms with Gasteiger partial charge in [0.1, 0.15) is 0 Å². The van der Waals surface area contributed by atoms with Crippen LogP contribution in [0, 0.1) is 0 Å². The maximum Gasteiger partial charge on any atom is 0.278 e. The Morgan fingerprint density at radius 2 is 2.20 bits per heavy atom. The molecule has 0 unspecified atom stereocenters. The normalized spacial score (nSPS) is 10.7. The van der Waals surface area contributed by atoms with E-state index in [1.807, 2.05) is 0 Å². The average molecular weight is 305 g/mol. The zero-order chi connectivity index (χ0) is 14.1. The van der Waals surface area contributed by atoms with Gasteiger partial charge in [0.15, 0.2) is 10.8 Å². The summed E-state index contributed by atoms with van der Waals surface area (Å²) in [6.45, 7) is 0. The molecular formula is C13H9ClN4OS. The molecule has 0 saturated heterocycles. The second kappa shape index (κ2) is 5.07. The molecule has 0 fully saturated rings. The molecule has 0 saturated carbocycles. The number of thiazole rings is 1. The Balaban J connectivity index is 1.89. The average Bonchev–Trinajstić information content (AvgIpc) is 2.80. The predicted molar refractivity (Wildman–Crippen MR) is 81.2 cm³/mol. The van der Waals surface area contributed by atoms with E-state index < -0.39 is 0 Å². The summed E-state index contributed by atoms with van der Waals surface area (Å²) in [5.74, 6) is -0.381. The Morgan fingerprint density at radius 3 is 3.00 bits per heavy atom. The van der Waals surface area contributed by atoms with Crippen LogP contribution in [0.3, 0.4) is 0 Å². The fraction of sp³-hybridized carbons (Fsp3) is 0. The number of carbonyl (C=O) groups excluding carboxylic acids is 1. The summed E-state index contributed by atoms with van der Waals surface area (Å²) in [5.41, 5.74) is 7.01. The number of benzene rings is 1. The highest BCUT2D eigenvalue weighted by molar-refractivity contribution is 7.22. The van der Waals surface area contributed by atoms with Gasteiger partial charge in [0.2, 0.25) is 0 Å². The molecule has 0 aliphatic rings. The van der Waals surface area contributed by atoms with Gasteiger partial charge in [-0.1, -0.05) is 22.9 Å². The number of nitrogens with one attached hydrogen (secondary N) is 1. The van der Waals surface area contributed by atoms with Crippen LogP contribution in [0.1, 0.15) is 10.5 Å². The molecule has 2 heterocycles. The minimum absolute atomic E-state index is 0.185. The molecule has 20 heavy (non-hydrogen) atoms. The van der Waals surface area contributed by atoms with Crippen LogP contribution in [0.5, 0.6) is 0 Å². The lowest BCUT2D eigenvalue weighted by Crippen LogP contribution is -2.15. The Hall–Kier alpha value is -2.18. The van der Waals surface area contributed by atoms with Crippen LogP contribution in [-0.2, 0) is 0 Å². The van der Waals surface area contributed by atoms with Gasteiger partial charge < -0.3 is 5.73 Å². The number of halogens is 1. The monoisotopic (exact) mass is 304 g/mol. The van der Waals surface area contributed by atoms with Crippen LogP contribution < -0.4 is 11.1 Å². The summed E-state index contributed by atoms with van der Waals surface area (Å²) in [7, 11) is 0. The summed E-state index contributed by atoms with van der Waals surface area (Å²) in [4.78, 5) is 20.3. The minimum atomic E-state index is -0.381. The first-order valence-corrected chi connectivity index (χ1v) is 6.91. The van der Waals surface area contributed by atoms with E-state index in [-0.39, 0.29) is 11.6 Å². The Bertz CT molecular complexity index is 802. The summed E-state index contributed by atoms with van der Waals surface area (Å²) in [6, 6.07) is 8.66. The number of hydrogen-bond acceptors (Lipinski definition) is 5. The van der Waals surface area contributed by atoms with Crippen LogP contribution in [0.25, 0.3) is 10.2 Å². The first-order chi connectivity index (χ1) is 9.63. The number of fused-ring (bicyclic) bond motifs is 1. The number of carbonyl (C=O) groups is 1. The molecule has 0 atom stereocenters. The van der Waals surface area contributed by atoms with Gasteiger partial charge in [0.05, 0.1) is 15.9 Å². The topological polar surface area (TPSA) is 80.9 Å². The molecule has 3 rings (SSSR count). The third-order valence-corrected chi connectivity index (χ3v) is 3.79. The number of nitrogens with two attached hydrogens (primary N) is 1. The third-order valence-electron chi connectivity index (χ3n) is 2.62. The van der Waals surface area contributed by atoms with Crippen LogP contribution in [0.2, 0.25) is 5.02 Å². The lowest BCUT2D eigenvalue weighted by atomic mass is 10.3. The smallest absolute Gasteiger partial charge is 0.278 e. The molecule has 5 nitrogen and oxygen atoms in total. The molecule has 1 aromatic carbocycles. The number of amides is 1. The highest BCUT2D eigenvalue weighted by Gasteiger charge is 2.13. The third kappa shape index (κ3) is 2.43. The SMILES string of the molecule is Nc1cccnc1C(=O)Nc1nc2ccc(Cl)cc2s1. The van der Waals surface area contributed by atoms with Gasteiger partial charge in [-0.3, -0.25) is 10.1 Å². The first-order valence-electron chi connectivity index (χ1n) is 5.71. The van der Waals surface area contributed by atoms with Gasteiger partial charge in [0.25, 0.3) is 5.91 Å². The van der Waals surface area contributed by atoms with Crippen molar-refractivity contribution in [2.45, 2.75) is 0 Å². The molecule has 7 heteroatoms. The molecule has 3 N–H and O–H groups in total. The zero-order valence-electron chi connectivity index (χ0n) is 10.1. The van der Waals surface area contributed by atoms with Gasteiger partial charge in [-0.25, -0.2) is 9.97 Å². The summed E-state index contributed by atoms with van der Waals surface area (Å²) in [6.07, 6.45) is 1.52. The molecule has 0 radical (unpaired) electrons. The van der Waals surface area contributed by atoms with E-state index >= 15 is 0 Å². The fourth-order valence-corrected chi connectivity index (χ4v) is 2.85. The number of nitrogen functional groups attached to an aromatic ring is 1. The van der Waals surface area contributed by atoms with Crippen molar-refractivity contribution in [3.63, 3.8) is 0 Å². The van der Waals surface area contributed by atoms with Gasteiger partial charge in [-0.2, -0.15) is 0 Å². The van der Waals surface area contributed by atoms with Crippen molar-refractivity contribution < 1.29 is 4.79 Å². The number of pyridine rings is 1. The van der Waals surface area contributed by atoms with Crippen LogP contribution in [0.4, 0.5) is 10.8 Å². The molecule has 3 aromatic rings. The standard InChI is InChI=1S/C13H9ClN4OS/c14-7-3-4-9-10(6-7)20-13(17-9)18-12(19)11-8(15)2-1-5-16-11/h1-6H,15H2,(H,17,18,19). The number of anilines is 2. The maximum atomic E-state index is 12.1. The predicted octanol–water partition coefficient (Wildman–Crippen LogP) is 3.18. The number of aromatic nitrogens is 2. The molecular weight excluding hydrogens is 296 g/mol. The lowest BCUT2D eigenvalue weighted by molar-refractivity contribution is 0.102. The summed E-state index contributed by atoms with van der Waals surface area (Å²) in [5, 5.41) is 3.81. The minimum Gasteiger partial charge on any atom is -0.397 e. The van der Waals surface area contributed by atoms with Crippen LogP contribution in [0.15, 0.2) is 36.5 Å². The van der Waals surface area contributed by atoms with Crippen molar-refractivity contribution in [1.82, 2.24) is 9.97 Å². The number of rotatable bonds is 2. The van der Waals surface area contributed by atoms with Gasteiger partial charge in [0, 0.05) is 11.2 Å². The lowest BCUT2D eigenvalue weighted by Gasteiger charge is -2.02. The van der Waals surface area contributed by atoms with E-state index in [0.717, 1.165) is 10.2 Å². The second-order valence-corrected chi connectivity index (χ2v) is 5.49. The van der Waals surface area contributed by atoms with Crippen molar-refractivity contribution in [2.24, 2.45) is 0 Å². The Morgan fingerprint density at radius 1 is 1.35 bits per heavy atom. The number of hydrogen-bond donors (Lipinski definition) is 2. The fourth-order valence-electron chi connectivity index (χ4n) is 1.72. The second-order valence-electron chi connectivity index (χ2n) is 4.03. The van der Waals surface area contributed by atoms with E-state index in [1.54, 1.807) is 30.3 Å². The van der Waals surface area contributed by atoms with Gasteiger partial charge in [-0.05, 0) is 30.3 Å². The highest BCUT2D eigenvalue weighted by Crippen LogP contribution is 2.28. The number of nitrogens with zero attached hydrogens (tertiary/aromatic N) is 2. The van der Waals surface area contributed by atoms with Crippen molar-refractivity contribution in [2.75, 3.05) is 11.1 Å². The molecule has 0 aliphatic carbocycles. The van der Waals surface area contributed by atoms with Gasteiger partial charge in [-0.15, -0.1) is 0 Å². The molecule has 0 spiro atoms. The van der Waals surface area contributed by atoms with Crippen molar-refractivity contribution >= 4 is 49.9 Å². The van der Waals surface area contributed by atoms with Crippen molar-refractivity contribution in [1.29, 1.82) is 0 Å². The zero-order valence-corrected chi connectivity index (χ0v) is 11.7.